The lowest BCUT2D eigenvalue weighted by Gasteiger charge is -2.34. The first-order valence-electron chi connectivity index (χ1n) is 29.0. The average molecular weight is 1100 g/mol. The first-order chi connectivity index (χ1) is 40.2. The van der Waals surface area contributed by atoms with Gasteiger partial charge in [0.15, 0.2) is 0 Å². The Labute approximate surface area is 495 Å². The zero-order valence-corrected chi connectivity index (χ0v) is 48.6. The molecule has 0 fully saturated rings. The number of rotatable bonds is 14. The van der Waals surface area contributed by atoms with E-state index < -0.39 is 10.8 Å². The molecular weight excluding hydrogens is 1010 g/mol. The molecule has 0 amide bonds. The molecule has 10 aromatic rings. The summed E-state index contributed by atoms with van der Waals surface area (Å²) in [5, 5.41) is 19.7. The SMILES string of the molecule is C.C=CCOc1ccc(C2(c3ccc(OCC=C)cc3)c3ccccc3-c3ccccc32)cc1.CC.CCc1ccc(CC)cc1.CCc1ccc(CC)cc1.Oc1ccc(C2(c3ccc(O)cc3)c3ccccc3-c3ccccc32)cc1. The van der Waals surface area contributed by atoms with Crippen LogP contribution in [0.3, 0.4) is 0 Å². The first-order valence-corrected chi connectivity index (χ1v) is 29.0. The number of aromatic hydroxyl groups is 2. The maximum Gasteiger partial charge on any atom is 0.119 e. The number of benzene rings is 10. The summed E-state index contributed by atoms with van der Waals surface area (Å²) in [4.78, 5) is 0. The van der Waals surface area contributed by atoms with Crippen molar-refractivity contribution in [2.45, 2.75) is 85.5 Å². The van der Waals surface area contributed by atoms with Crippen LogP contribution in [-0.4, -0.2) is 23.4 Å². The van der Waals surface area contributed by atoms with E-state index in [9.17, 15) is 10.2 Å². The minimum absolute atomic E-state index is 0. The van der Waals surface area contributed by atoms with Gasteiger partial charge in [0, 0.05) is 0 Å². The maximum atomic E-state index is 9.85. The fraction of sp³-hybridized carbons (Fsp3) is 0.190. The molecule has 10 aromatic carbocycles. The first kappa shape index (κ1) is 61.5. The molecule has 0 unspecified atom stereocenters. The van der Waals surface area contributed by atoms with Crippen molar-refractivity contribution in [1.29, 1.82) is 0 Å². The predicted octanol–water partition coefficient (Wildman–Crippen LogP) is 19.9. The normalized spacial score (nSPS) is 12.1. The van der Waals surface area contributed by atoms with Gasteiger partial charge in [-0.25, -0.2) is 0 Å². The Bertz CT molecular complexity index is 3320. The summed E-state index contributed by atoms with van der Waals surface area (Å²) in [6.45, 7) is 21.2. The maximum absolute atomic E-state index is 9.85. The van der Waals surface area contributed by atoms with E-state index in [2.05, 4.69) is 211 Å². The molecule has 0 aliphatic heterocycles. The highest BCUT2D eigenvalue weighted by atomic mass is 16.5. The van der Waals surface area contributed by atoms with Crippen molar-refractivity contribution in [1.82, 2.24) is 0 Å². The van der Waals surface area contributed by atoms with Gasteiger partial charge in [-0.15, -0.1) is 0 Å². The molecule has 422 valence electrons. The van der Waals surface area contributed by atoms with Gasteiger partial charge < -0.3 is 19.7 Å². The fourth-order valence-corrected chi connectivity index (χ4v) is 11.4. The van der Waals surface area contributed by atoms with Gasteiger partial charge in [-0.2, -0.15) is 0 Å². The molecule has 0 bridgehead atoms. The number of fused-ring (bicyclic) bond motifs is 6. The largest absolute Gasteiger partial charge is 0.508 e. The molecule has 0 atom stereocenters. The lowest BCUT2D eigenvalue weighted by atomic mass is 9.68. The van der Waals surface area contributed by atoms with Crippen molar-refractivity contribution in [3.05, 3.63) is 335 Å². The summed E-state index contributed by atoms with van der Waals surface area (Å²) in [5.41, 5.74) is 19.3. The second-order valence-electron chi connectivity index (χ2n) is 20.1. The van der Waals surface area contributed by atoms with Crippen LogP contribution < -0.4 is 9.47 Å². The van der Waals surface area contributed by atoms with Gasteiger partial charge in [0.05, 0.1) is 10.8 Å². The number of ether oxygens (including phenoxy) is 2. The minimum Gasteiger partial charge on any atom is -0.508 e. The molecule has 0 radical (unpaired) electrons. The third-order valence-corrected chi connectivity index (χ3v) is 15.5. The van der Waals surface area contributed by atoms with Gasteiger partial charge in [0.25, 0.3) is 0 Å². The molecule has 4 heteroatoms. The monoisotopic (exact) mass is 1090 g/mol. The summed E-state index contributed by atoms with van der Waals surface area (Å²) in [6, 6.07) is 83.8. The van der Waals surface area contributed by atoms with E-state index in [0.29, 0.717) is 13.2 Å². The van der Waals surface area contributed by atoms with E-state index in [4.69, 9.17) is 9.47 Å². The van der Waals surface area contributed by atoms with E-state index in [1.54, 1.807) is 36.4 Å². The number of hydrogen-bond acceptors (Lipinski definition) is 4. The molecule has 0 heterocycles. The predicted molar refractivity (Wildman–Crippen MR) is 351 cm³/mol. The van der Waals surface area contributed by atoms with Crippen molar-refractivity contribution in [2.75, 3.05) is 13.2 Å². The molecule has 0 spiro atoms. The lowest BCUT2D eigenvalue weighted by molar-refractivity contribution is 0.363. The van der Waals surface area contributed by atoms with Crippen LogP contribution in [0.15, 0.2) is 268 Å². The van der Waals surface area contributed by atoms with E-state index >= 15 is 0 Å². The molecule has 0 aromatic heterocycles. The van der Waals surface area contributed by atoms with E-state index in [1.807, 2.05) is 62.4 Å². The third-order valence-electron chi connectivity index (χ3n) is 15.5. The van der Waals surface area contributed by atoms with Crippen LogP contribution in [0.4, 0.5) is 0 Å². The Morgan fingerprint density at radius 3 is 0.759 bits per heavy atom. The van der Waals surface area contributed by atoms with Gasteiger partial charge in [-0.05, 0) is 163 Å². The number of phenols is 2. The molecule has 0 saturated heterocycles. The van der Waals surface area contributed by atoms with Crippen LogP contribution in [0, 0.1) is 0 Å². The molecular formula is C79H82O4. The Hall–Kier alpha value is -9.12. The summed E-state index contributed by atoms with van der Waals surface area (Å²) in [5.74, 6) is 2.17. The Kier molecular flexibility index (Phi) is 21.9. The zero-order chi connectivity index (χ0) is 57.9. The molecule has 2 aliphatic rings. The van der Waals surface area contributed by atoms with Gasteiger partial charge in [0.2, 0.25) is 0 Å². The second kappa shape index (κ2) is 29.6. The average Bonchev–Trinajstić information content (AvgIpc) is 2.55. The van der Waals surface area contributed by atoms with E-state index in [1.165, 1.54) is 77.9 Å². The van der Waals surface area contributed by atoms with Crippen molar-refractivity contribution < 1.29 is 19.7 Å². The zero-order valence-electron chi connectivity index (χ0n) is 48.6. The van der Waals surface area contributed by atoms with Crippen molar-refractivity contribution in [2.24, 2.45) is 0 Å². The fourth-order valence-electron chi connectivity index (χ4n) is 11.4. The van der Waals surface area contributed by atoms with Gasteiger partial charge in [-0.1, -0.05) is 268 Å². The highest BCUT2D eigenvalue weighted by Gasteiger charge is 2.47. The van der Waals surface area contributed by atoms with E-state index in [-0.39, 0.29) is 18.9 Å². The second-order valence-corrected chi connectivity index (χ2v) is 20.1. The molecule has 12 rings (SSSR count). The standard InChI is InChI=1S/C31H26O2.C25H18O2.2C10H14.C2H6.CH4/c1-3-21-32-25-17-13-23(14-18-25)31(24-15-19-26(20-16-24)33-22-4-2)29-11-7-5-9-27(29)28-10-6-8-12-30(28)31;26-19-13-9-17(10-14-19)25(18-11-15-20(27)16-12-18)23-7-3-1-5-21(23)22-6-2-4-8-24(22)25;2*1-3-9-5-7-10(4-2)8-6-9;1-2;/h3-20H,1-2,21-22H2;1-16,26-27H;2*5-8H,3-4H2,1-2H3;1-2H3;1H4. The third kappa shape index (κ3) is 13.1. The van der Waals surface area contributed by atoms with Crippen molar-refractivity contribution in [3.8, 4) is 45.3 Å². The quantitative estimate of drug-likeness (QED) is 0.107. The Balaban J connectivity index is 0.000000176. The van der Waals surface area contributed by atoms with Crippen molar-refractivity contribution in [3.63, 3.8) is 0 Å². The summed E-state index contributed by atoms with van der Waals surface area (Å²) < 4.78 is 11.5. The van der Waals surface area contributed by atoms with E-state index in [0.717, 1.165) is 48.3 Å². The van der Waals surface area contributed by atoms with Crippen molar-refractivity contribution >= 4 is 0 Å². The topological polar surface area (TPSA) is 58.9 Å². The van der Waals surface area contributed by atoms with Gasteiger partial charge in [-0.3, -0.25) is 0 Å². The Morgan fingerprint density at radius 2 is 0.542 bits per heavy atom. The Morgan fingerprint density at radius 1 is 0.325 bits per heavy atom. The van der Waals surface area contributed by atoms with Gasteiger partial charge in [0.1, 0.15) is 36.2 Å². The van der Waals surface area contributed by atoms with Crippen LogP contribution >= 0.6 is 0 Å². The van der Waals surface area contributed by atoms with Crippen LogP contribution in [0.1, 0.15) is 116 Å². The summed E-state index contributed by atoms with van der Waals surface area (Å²) in [7, 11) is 0. The highest BCUT2D eigenvalue weighted by molar-refractivity contribution is 5.87. The molecule has 0 saturated carbocycles. The van der Waals surface area contributed by atoms with Crippen LogP contribution in [-0.2, 0) is 36.5 Å². The highest BCUT2D eigenvalue weighted by Crippen LogP contribution is 2.57. The number of aryl methyl sites for hydroxylation is 4. The summed E-state index contributed by atoms with van der Waals surface area (Å²) in [6.07, 6.45) is 8.09. The van der Waals surface area contributed by atoms with Crippen LogP contribution in [0.5, 0.6) is 23.0 Å². The van der Waals surface area contributed by atoms with Crippen LogP contribution in [0.25, 0.3) is 22.3 Å². The molecule has 83 heavy (non-hydrogen) atoms. The molecule has 2 aliphatic carbocycles. The molecule has 2 N–H and O–H groups in total. The summed E-state index contributed by atoms with van der Waals surface area (Å²) >= 11 is 0. The number of hydrogen-bond donors (Lipinski definition) is 2. The minimum atomic E-state index is -0.491. The van der Waals surface area contributed by atoms with Gasteiger partial charge >= 0.3 is 0 Å². The smallest absolute Gasteiger partial charge is 0.119 e. The lowest BCUT2D eigenvalue weighted by Crippen LogP contribution is -2.28. The number of phenolic OH excluding ortho intramolecular Hbond substituents is 2. The molecule has 4 nitrogen and oxygen atoms in total. The van der Waals surface area contributed by atoms with Crippen LogP contribution in [0.2, 0.25) is 0 Å².